The highest BCUT2D eigenvalue weighted by Crippen LogP contribution is 2.35. The Morgan fingerprint density at radius 2 is 1.78 bits per heavy atom. The number of pyridine rings is 1. The molecule has 5 rings (SSSR count). The van der Waals surface area contributed by atoms with Crippen molar-refractivity contribution < 1.29 is 32.5 Å². The van der Waals surface area contributed by atoms with Crippen molar-refractivity contribution in [3.8, 4) is 22.8 Å². The third-order valence-electron chi connectivity index (χ3n) is 6.33. The molecule has 2 aliphatic rings. The number of nitrogens with one attached hydrogen (secondary N) is 1. The molecule has 3 aromatic rings. The van der Waals surface area contributed by atoms with Crippen molar-refractivity contribution in [1.29, 1.82) is 0 Å². The van der Waals surface area contributed by atoms with E-state index in [1.165, 1.54) is 11.3 Å². The lowest BCUT2D eigenvalue weighted by Crippen LogP contribution is -2.43. The molecule has 1 saturated heterocycles. The summed E-state index contributed by atoms with van der Waals surface area (Å²) in [6, 6.07) is 10.8. The second kappa shape index (κ2) is 11.5. The van der Waals surface area contributed by atoms with Crippen LogP contribution in [0, 0.1) is 0 Å². The van der Waals surface area contributed by atoms with E-state index < -0.39 is 12.1 Å². The summed E-state index contributed by atoms with van der Waals surface area (Å²) >= 11 is 0. The van der Waals surface area contributed by atoms with E-state index in [1.807, 2.05) is 30.7 Å². The van der Waals surface area contributed by atoms with Crippen molar-refractivity contribution in [2.24, 2.45) is 0 Å². The van der Waals surface area contributed by atoms with Gasteiger partial charge in [0.1, 0.15) is 13.2 Å². The molecule has 0 amide bonds. The molecule has 0 saturated carbocycles. The Morgan fingerprint density at radius 3 is 2.43 bits per heavy atom. The number of aromatic amines is 1. The van der Waals surface area contributed by atoms with Crippen LogP contribution in [0.15, 0.2) is 48.9 Å². The maximum absolute atomic E-state index is 10.6. The van der Waals surface area contributed by atoms with Crippen LogP contribution in [0.25, 0.3) is 11.3 Å². The Labute approximate surface area is 211 Å². The number of carboxylic acid groups (broad SMARTS) is 1. The minimum absolute atomic E-state index is 0.561. The number of fused-ring (bicyclic) bond motifs is 1. The summed E-state index contributed by atoms with van der Waals surface area (Å²) < 4.78 is 43.1. The van der Waals surface area contributed by atoms with E-state index in [0.717, 1.165) is 55.2 Å². The van der Waals surface area contributed by atoms with Crippen LogP contribution in [0.1, 0.15) is 18.4 Å². The Kier molecular flexibility index (Phi) is 8.17. The number of alkyl halides is 3. The summed E-state index contributed by atoms with van der Waals surface area (Å²) in [4.78, 5) is 17.9. The number of ether oxygens (including phenoxy) is 2. The third-order valence-corrected chi connectivity index (χ3v) is 6.33. The van der Waals surface area contributed by atoms with Gasteiger partial charge in [0.25, 0.3) is 0 Å². The molecule has 0 radical (unpaired) electrons. The molecule has 9 nitrogen and oxygen atoms in total. The Bertz CT molecular complexity index is 1180. The zero-order chi connectivity index (χ0) is 26.4. The van der Waals surface area contributed by atoms with Gasteiger partial charge < -0.3 is 19.5 Å². The molecule has 198 valence electrons. The summed E-state index contributed by atoms with van der Waals surface area (Å²) in [7, 11) is 2.22. The van der Waals surface area contributed by atoms with Gasteiger partial charge in [-0.15, -0.1) is 0 Å². The van der Waals surface area contributed by atoms with E-state index in [4.69, 9.17) is 19.4 Å². The topological polar surface area (TPSA) is 104 Å². The Morgan fingerprint density at radius 1 is 1.14 bits per heavy atom. The molecule has 0 unspecified atom stereocenters. The van der Waals surface area contributed by atoms with E-state index >= 15 is 0 Å². The van der Waals surface area contributed by atoms with Crippen LogP contribution in [0.4, 0.5) is 18.9 Å². The first-order chi connectivity index (χ1) is 17.7. The van der Waals surface area contributed by atoms with Crippen LogP contribution >= 0.6 is 0 Å². The monoisotopic (exact) mass is 519 g/mol. The highest BCUT2D eigenvalue weighted by Gasteiger charge is 2.38. The van der Waals surface area contributed by atoms with E-state index in [1.54, 1.807) is 0 Å². The summed E-state index contributed by atoms with van der Waals surface area (Å²) in [5.74, 6) is -1.15. The van der Waals surface area contributed by atoms with Crippen LogP contribution in [0.5, 0.6) is 11.5 Å². The highest BCUT2D eigenvalue weighted by atomic mass is 19.4. The fourth-order valence-electron chi connectivity index (χ4n) is 4.40. The van der Waals surface area contributed by atoms with Crippen molar-refractivity contribution in [2.75, 3.05) is 38.3 Å². The number of H-pyrrole nitrogens is 1. The molecule has 1 aromatic carbocycles. The first-order valence-electron chi connectivity index (χ1n) is 11.8. The van der Waals surface area contributed by atoms with Gasteiger partial charge in [-0.1, -0.05) is 0 Å². The number of nitrogens with zero attached hydrogens (tertiary/aromatic N) is 4. The molecule has 0 spiro atoms. The normalized spacial score (nSPS) is 15.8. The lowest BCUT2D eigenvalue weighted by atomic mass is 10.0. The van der Waals surface area contributed by atoms with Gasteiger partial charge in [0.2, 0.25) is 0 Å². The van der Waals surface area contributed by atoms with Gasteiger partial charge in [0, 0.05) is 54.9 Å². The number of anilines is 1. The minimum Gasteiger partial charge on any atom is -0.486 e. The SMILES string of the molecule is CN(Cc1cn[nH]c1-c1ccc2c(c1)OCCO2)C1CCN(c2ccncc2)CC1.O=C(O)C(F)(F)F. The quantitative estimate of drug-likeness (QED) is 0.522. The lowest BCUT2D eigenvalue weighted by molar-refractivity contribution is -0.192. The fourth-order valence-corrected chi connectivity index (χ4v) is 4.40. The number of carboxylic acids is 1. The Balaban J connectivity index is 0.000000405. The summed E-state index contributed by atoms with van der Waals surface area (Å²) in [5.41, 5.74) is 4.59. The fraction of sp³-hybridized carbons (Fsp3) is 0.400. The first kappa shape index (κ1) is 26.3. The van der Waals surface area contributed by atoms with Crippen molar-refractivity contribution in [3.05, 3.63) is 54.5 Å². The van der Waals surface area contributed by atoms with Crippen LogP contribution < -0.4 is 14.4 Å². The second-order valence-electron chi connectivity index (χ2n) is 8.77. The highest BCUT2D eigenvalue weighted by molar-refractivity contribution is 5.73. The van der Waals surface area contributed by atoms with Crippen LogP contribution in [0.3, 0.4) is 0 Å². The van der Waals surface area contributed by atoms with Gasteiger partial charge in [-0.3, -0.25) is 15.0 Å². The molecule has 1 fully saturated rings. The smallest absolute Gasteiger partial charge is 0.486 e. The number of rotatable bonds is 5. The number of piperidine rings is 1. The molecule has 2 aliphatic heterocycles. The number of hydrogen-bond acceptors (Lipinski definition) is 7. The first-order valence-corrected chi connectivity index (χ1v) is 11.8. The number of carbonyl (C=O) groups is 1. The van der Waals surface area contributed by atoms with Gasteiger partial charge in [0.05, 0.1) is 11.9 Å². The van der Waals surface area contributed by atoms with Crippen LogP contribution in [-0.2, 0) is 11.3 Å². The number of benzene rings is 1. The largest absolute Gasteiger partial charge is 0.490 e. The molecule has 2 N–H and O–H groups in total. The molecule has 0 atom stereocenters. The average molecular weight is 520 g/mol. The van der Waals surface area contributed by atoms with Gasteiger partial charge in [-0.2, -0.15) is 18.3 Å². The van der Waals surface area contributed by atoms with Gasteiger partial charge in [-0.05, 0) is 50.2 Å². The molecule has 2 aromatic heterocycles. The van der Waals surface area contributed by atoms with Gasteiger partial charge >= 0.3 is 12.1 Å². The van der Waals surface area contributed by atoms with Crippen molar-refractivity contribution in [3.63, 3.8) is 0 Å². The molecule has 0 bridgehead atoms. The Hall–Kier alpha value is -3.80. The molecular formula is C25H28F3N5O4. The second-order valence-corrected chi connectivity index (χ2v) is 8.77. The predicted molar refractivity (Wildman–Crippen MR) is 130 cm³/mol. The third kappa shape index (κ3) is 6.70. The maximum atomic E-state index is 10.6. The zero-order valence-electron chi connectivity index (χ0n) is 20.2. The standard InChI is InChI=1S/C23H27N5O2.C2HF3O2/c1-27(19-6-10-28(11-7-19)20-4-8-24-9-5-20)16-18-15-25-26-23(18)17-2-3-21-22(14-17)30-13-12-29-21;3-2(4,5)1(6)7/h2-5,8-9,14-15,19H,6-7,10-13,16H2,1H3,(H,25,26);(H,6,7). The predicted octanol–water partition coefficient (Wildman–Crippen LogP) is 3.98. The van der Waals surface area contributed by atoms with Crippen molar-refractivity contribution >= 4 is 11.7 Å². The number of aromatic nitrogens is 3. The van der Waals surface area contributed by atoms with Gasteiger partial charge in [-0.25, -0.2) is 4.79 Å². The number of hydrogen-bond donors (Lipinski definition) is 2. The summed E-state index contributed by atoms with van der Waals surface area (Å²) in [5, 5.41) is 14.6. The molecule has 12 heteroatoms. The number of aliphatic carboxylic acids is 1. The van der Waals surface area contributed by atoms with Crippen molar-refractivity contribution in [1.82, 2.24) is 20.1 Å². The molecule has 37 heavy (non-hydrogen) atoms. The molecule has 4 heterocycles. The van der Waals surface area contributed by atoms with Crippen molar-refractivity contribution in [2.45, 2.75) is 31.6 Å². The number of halogens is 3. The van der Waals surface area contributed by atoms with Gasteiger partial charge in [0.15, 0.2) is 11.5 Å². The van der Waals surface area contributed by atoms with E-state index in [-0.39, 0.29) is 0 Å². The average Bonchev–Trinajstić information content (AvgIpc) is 3.37. The van der Waals surface area contributed by atoms with E-state index in [2.05, 4.69) is 50.2 Å². The van der Waals surface area contributed by atoms with E-state index in [9.17, 15) is 13.2 Å². The zero-order valence-corrected chi connectivity index (χ0v) is 20.2. The summed E-state index contributed by atoms with van der Waals surface area (Å²) in [6.45, 7) is 4.19. The minimum atomic E-state index is -5.08. The van der Waals surface area contributed by atoms with Crippen LogP contribution in [-0.4, -0.2) is 76.7 Å². The summed E-state index contributed by atoms with van der Waals surface area (Å²) in [6.07, 6.45) is 2.89. The molecular weight excluding hydrogens is 491 g/mol. The van der Waals surface area contributed by atoms with E-state index in [0.29, 0.717) is 19.3 Å². The maximum Gasteiger partial charge on any atom is 0.490 e. The van der Waals surface area contributed by atoms with Crippen LogP contribution in [0.2, 0.25) is 0 Å². The molecule has 0 aliphatic carbocycles. The lowest BCUT2D eigenvalue weighted by Gasteiger charge is -2.37.